The normalized spacial score (nSPS) is 42.8. The molecule has 0 aliphatic heterocycles. The van der Waals surface area contributed by atoms with Gasteiger partial charge in [-0.15, -0.1) is 0 Å². The topological polar surface area (TPSA) is 17.1 Å². The maximum Gasteiger partial charge on any atom is 0.129 e. The minimum Gasteiger partial charge on any atom is -0.300 e. The molecule has 0 N–H and O–H groups in total. The lowest BCUT2D eigenvalue weighted by Gasteiger charge is -2.56. The van der Waals surface area contributed by atoms with Crippen molar-refractivity contribution >= 4 is 5.78 Å². The molecule has 138 valence electrons. The number of carbonyl (C=O) groups is 1. The Morgan fingerprint density at radius 2 is 1.96 bits per heavy atom. The lowest BCUT2D eigenvalue weighted by Crippen LogP contribution is -2.46. The monoisotopic (exact) mass is 340 g/mol. The Hall–Kier alpha value is -0.850. The van der Waals surface area contributed by atoms with Crippen LogP contribution in [0.1, 0.15) is 91.4 Å². The molecule has 0 aromatic carbocycles. The van der Waals surface area contributed by atoms with E-state index in [9.17, 15) is 4.79 Å². The van der Waals surface area contributed by atoms with Crippen molar-refractivity contribution < 1.29 is 4.79 Å². The van der Waals surface area contributed by atoms with Crippen molar-refractivity contribution in [1.82, 2.24) is 0 Å². The van der Waals surface area contributed by atoms with Gasteiger partial charge in [0.1, 0.15) is 5.78 Å². The van der Waals surface area contributed by atoms with Gasteiger partial charge in [-0.05, 0) is 86.9 Å². The summed E-state index contributed by atoms with van der Waals surface area (Å²) in [5.74, 6) is 2.96. The first-order valence-corrected chi connectivity index (χ1v) is 10.8. The van der Waals surface area contributed by atoms with Gasteiger partial charge in [-0.3, -0.25) is 0 Å². The molecule has 0 saturated heterocycles. The minimum atomic E-state index is 0.342. The van der Waals surface area contributed by atoms with E-state index < -0.39 is 0 Å². The molecule has 0 radical (unpaired) electrons. The third-order valence-corrected chi connectivity index (χ3v) is 8.66. The number of fused-ring (bicyclic) bond motifs is 5. The van der Waals surface area contributed by atoms with E-state index in [4.69, 9.17) is 0 Å². The second-order valence-corrected chi connectivity index (χ2v) is 9.95. The second kappa shape index (κ2) is 6.39. The van der Waals surface area contributed by atoms with Crippen LogP contribution in [0.2, 0.25) is 0 Å². The molecular formula is C24H36O. The number of ketones is 1. The van der Waals surface area contributed by atoms with Gasteiger partial charge in [0.2, 0.25) is 0 Å². The number of hydrogen-bond donors (Lipinski definition) is 0. The van der Waals surface area contributed by atoms with E-state index in [-0.39, 0.29) is 0 Å². The summed E-state index contributed by atoms with van der Waals surface area (Å²) in [5, 5.41) is 0. The molecule has 5 unspecified atom stereocenters. The molecule has 4 aliphatic carbocycles. The summed E-state index contributed by atoms with van der Waals surface area (Å²) in [6, 6.07) is 0. The third kappa shape index (κ3) is 2.77. The van der Waals surface area contributed by atoms with Crippen LogP contribution in [0.4, 0.5) is 0 Å². The van der Waals surface area contributed by atoms with E-state index in [2.05, 4.69) is 26.0 Å². The first-order chi connectivity index (χ1) is 11.9. The van der Waals surface area contributed by atoms with Crippen LogP contribution in [0, 0.1) is 28.6 Å². The van der Waals surface area contributed by atoms with Gasteiger partial charge in [-0.1, -0.05) is 50.0 Å². The summed E-state index contributed by atoms with van der Waals surface area (Å²) < 4.78 is 0. The average Bonchev–Trinajstić information content (AvgIpc) is 2.91. The summed E-state index contributed by atoms with van der Waals surface area (Å²) in [6.07, 6.45) is 19.4. The quantitative estimate of drug-likeness (QED) is 0.525. The molecule has 25 heavy (non-hydrogen) atoms. The first-order valence-electron chi connectivity index (χ1n) is 10.8. The summed E-state index contributed by atoms with van der Waals surface area (Å²) in [5.41, 5.74) is 4.43. The Morgan fingerprint density at radius 1 is 1.12 bits per heavy atom. The van der Waals surface area contributed by atoms with Crippen LogP contribution >= 0.6 is 0 Å². The Balaban J connectivity index is 1.55. The van der Waals surface area contributed by atoms with E-state index in [1.165, 1.54) is 51.4 Å². The van der Waals surface area contributed by atoms with Gasteiger partial charge in [0.15, 0.2) is 0 Å². The van der Waals surface area contributed by atoms with Gasteiger partial charge in [0.25, 0.3) is 0 Å². The van der Waals surface area contributed by atoms with Crippen LogP contribution in [0.25, 0.3) is 0 Å². The fourth-order valence-electron chi connectivity index (χ4n) is 7.14. The van der Waals surface area contributed by atoms with Crippen molar-refractivity contribution in [3.63, 3.8) is 0 Å². The summed E-state index contributed by atoms with van der Waals surface area (Å²) in [6.45, 7) is 6.87. The van der Waals surface area contributed by atoms with E-state index in [0.717, 1.165) is 37.0 Å². The van der Waals surface area contributed by atoms with Crippen LogP contribution in [0.5, 0.6) is 0 Å². The fourth-order valence-corrected chi connectivity index (χ4v) is 7.14. The van der Waals surface area contributed by atoms with Gasteiger partial charge in [0, 0.05) is 6.42 Å². The average molecular weight is 341 g/mol. The van der Waals surface area contributed by atoms with Gasteiger partial charge >= 0.3 is 0 Å². The first kappa shape index (κ1) is 17.6. The molecular weight excluding hydrogens is 304 g/mol. The predicted molar refractivity (Wildman–Crippen MR) is 104 cm³/mol. The number of hydrogen-bond acceptors (Lipinski definition) is 1. The van der Waals surface area contributed by atoms with E-state index in [0.29, 0.717) is 16.6 Å². The van der Waals surface area contributed by atoms with Gasteiger partial charge in [-0.25, -0.2) is 0 Å². The predicted octanol–water partition coefficient (Wildman–Crippen LogP) is 6.63. The molecule has 0 bridgehead atoms. The van der Waals surface area contributed by atoms with Crippen LogP contribution < -0.4 is 0 Å². The zero-order valence-corrected chi connectivity index (χ0v) is 16.6. The van der Waals surface area contributed by atoms with Crippen LogP contribution in [0.15, 0.2) is 23.3 Å². The van der Waals surface area contributed by atoms with Crippen LogP contribution in [-0.2, 0) is 4.79 Å². The van der Waals surface area contributed by atoms with Crippen molar-refractivity contribution in [3.05, 3.63) is 23.3 Å². The Labute approximate surface area is 154 Å². The van der Waals surface area contributed by atoms with E-state index in [1.54, 1.807) is 12.5 Å². The maximum atomic E-state index is 11.3. The molecule has 0 aromatic rings. The second-order valence-electron chi connectivity index (χ2n) is 9.95. The Kier molecular flexibility index (Phi) is 4.49. The zero-order valence-electron chi connectivity index (χ0n) is 16.6. The van der Waals surface area contributed by atoms with Gasteiger partial charge in [0.05, 0.1) is 0 Å². The molecule has 1 heteroatoms. The number of allylic oxidation sites excluding steroid dienone is 4. The Bertz CT molecular complexity index is 612. The van der Waals surface area contributed by atoms with E-state index in [1.807, 2.05) is 5.57 Å². The van der Waals surface area contributed by atoms with Gasteiger partial charge in [-0.2, -0.15) is 0 Å². The smallest absolute Gasteiger partial charge is 0.129 e. The van der Waals surface area contributed by atoms with Crippen molar-refractivity contribution in [2.75, 3.05) is 0 Å². The third-order valence-electron chi connectivity index (χ3n) is 8.66. The highest BCUT2D eigenvalue weighted by Gasteiger charge is 2.54. The lowest BCUT2D eigenvalue weighted by atomic mass is 9.49. The largest absolute Gasteiger partial charge is 0.300 e. The van der Waals surface area contributed by atoms with Crippen LogP contribution in [-0.4, -0.2) is 5.78 Å². The standard InChI is InChI=1S/C24H36O/c1-17(25)7-6-9-19-11-13-21-20-12-10-18-8-4-5-15-23(18,2)22(20)14-16-24(19,21)3/h11,14,18,20-21H,4-10,12-13,15-16H2,1-3H3. The summed E-state index contributed by atoms with van der Waals surface area (Å²) >= 11 is 0. The SMILES string of the molecule is CC(=O)CCCC1=CCC2C3CCC4CCCCC4(C)C3=CCC12C. The molecule has 0 spiro atoms. The Morgan fingerprint density at radius 3 is 2.76 bits per heavy atom. The molecule has 1 nitrogen and oxygen atoms in total. The van der Waals surface area contributed by atoms with Crippen molar-refractivity contribution in [2.24, 2.45) is 28.6 Å². The molecule has 4 aliphatic rings. The molecule has 0 amide bonds. The van der Waals surface area contributed by atoms with Crippen molar-refractivity contribution in [2.45, 2.75) is 91.4 Å². The zero-order chi connectivity index (χ0) is 17.7. The number of Topliss-reactive ketones (excluding diaryl/α,β-unsaturated/α-hetero) is 1. The molecule has 0 aromatic heterocycles. The highest BCUT2D eigenvalue weighted by molar-refractivity contribution is 5.75. The van der Waals surface area contributed by atoms with Crippen molar-refractivity contribution in [3.8, 4) is 0 Å². The highest BCUT2D eigenvalue weighted by Crippen LogP contribution is 2.64. The maximum absolute atomic E-state index is 11.3. The van der Waals surface area contributed by atoms with Gasteiger partial charge < -0.3 is 4.79 Å². The van der Waals surface area contributed by atoms with Crippen molar-refractivity contribution in [1.29, 1.82) is 0 Å². The lowest BCUT2D eigenvalue weighted by molar-refractivity contribution is -0.117. The molecule has 5 atom stereocenters. The molecule has 4 rings (SSSR count). The number of rotatable bonds is 4. The minimum absolute atomic E-state index is 0.342. The molecule has 0 heterocycles. The molecule has 2 saturated carbocycles. The number of carbonyl (C=O) groups excluding carboxylic acids is 1. The highest BCUT2D eigenvalue weighted by atomic mass is 16.1. The van der Waals surface area contributed by atoms with E-state index >= 15 is 0 Å². The fraction of sp³-hybridized carbons (Fsp3) is 0.792. The van der Waals surface area contributed by atoms with Crippen LogP contribution in [0.3, 0.4) is 0 Å². The summed E-state index contributed by atoms with van der Waals surface area (Å²) in [4.78, 5) is 11.3. The summed E-state index contributed by atoms with van der Waals surface area (Å²) in [7, 11) is 0. The molecule has 2 fully saturated rings.